The summed E-state index contributed by atoms with van der Waals surface area (Å²) in [6.07, 6.45) is 5.73. The molecule has 0 aliphatic heterocycles. The molecular weight excluding hydrogens is 192 g/mol. The van der Waals surface area contributed by atoms with Crippen LogP contribution in [0.5, 0.6) is 6.08 Å². The molecule has 1 fully saturated rings. The van der Waals surface area contributed by atoms with Crippen molar-refractivity contribution in [1.82, 2.24) is 10.3 Å². The predicted octanol–water partition coefficient (Wildman–Crippen LogP) is 2.10. The van der Waals surface area contributed by atoms with E-state index in [0.29, 0.717) is 12.1 Å². The van der Waals surface area contributed by atoms with Gasteiger partial charge in [0.25, 0.3) is 0 Å². The molecule has 1 saturated carbocycles. The van der Waals surface area contributed by atoms with Gasteiger partial charge in [0.1, 0.15) is 12.4 Å². The summed E-state index contributed by atoms with van der Waals surface area (Å²) in [5, 5.41) is 3.38. The van der Waals surface area contributed by atoms with Crippen LogP contribution in [0.1, 0.15) is 38.8 Å². The van der Waals surface area contributed by atoms with Gasteiger partial charge in [0.2, 0.25) is 0 Å². The molecule has 84 valence electrons. The summed E-state index contributed by atoms with van der Waals surface area (Å²) in [4.78, 5) is 4.25. The lowest BCUT2D eigenvalue weighted by atomic mass is 10.3. The molecule has 0 amide bonds. The molecule has 0 radical (unpaired) electrons. The van der Waals surface area contributed by atoms with Gasteiger partial charge in [0.05, 0.1) is 5.69 Å². The maximum Gasteiger partial charge on any atom is 0.393 e. The number of oxazole rings is 1. The van der Waals surface area contributed by atoms with Crippen molar-refractivity contribution in [2.24, 2.45) is 0 Å². The van der Waals surface area contributed by atoms with Gasteiger partial charge in [-0.2, -0.15) is 4.98 Å². The van der Waals surface area contributed by atoms with E-state index in [0.717, 1.165) is 18.7 Å². The smallest absolute Gasteiger partial charge is 0.393 e. The molecule has 2 rings (SSSR count). The Morgan fingerprint density at radius 2 is 2.47 bits per heavy atom. The zero-order valence-corrected chi connectivity index (χ0v) is 9.32. The summed E-state index contributed by atoms with van der Waals surface area (Å²) < 4.78 is 10.7. The van der Waals surface area contributed by atoms with E-state index in [1.807, 2.05) is 6.92 Å². The van der Waals surface area contributed by atoms with Gasteiger partial charge in [-0.1, -0.05) is 6.92 Å². The zero-order chi connectivity index (χ0) is 10.7. The van der Waals surface area contributed by atoms with E-state index in [1.54, 1.807) is 6.26 Å². The minimum Gasteiger partial charge on any atom is -0.447 e. The highest BCUT2D eigenvalue weighted by atomic mass is 16.6. The fourth-order valence-electron chi connectivity index (χ4n) is 1.22. The van der Waals surface area contributed by atoms with Crippen LogP contribution in [0.25, 0.3) is 0 Å². The van der Waals surface area contributed by atoms with Crippen LogP contribution in [0.2, 0.25) is 0 Å². The molecule has 0 saturated heterocycles. The first kappa shape index (κ1) is 10.5. The van der Waals surface area contributed by atoms with Crippen LogP contribution in [-0.4, -0.2) is 17.1 Å². The predicted molar refractivity (Wildman–Crippen MR) is 56.7 cm³/mol. The summed E-state index contributed by atoms with van der Waals surface area (Å²) in [6.45, 7) is 4.85. The van der Waals surface area contributed by atoms with Crippen LogP contribution in [0.15, 0.2) is 10.7 Å². The van der Waals surface area contributed by atoms with E-state index in [4.69, 9.17) is 9.15 Å². The Morgan fingerprint density at radius 1 is 1.67 bits per heavy atom. The molecular formula is C11H18N2O2. The number of aromatic nitrogens is 1. The van der Waals surface area contributed by atoms with Gasteiger partial charge in [0.15, 0.2) is 0 Å². The van der Waals surface area contributed by atoms with Crippen LogP contribution in [0.3, 0.4) is 0 Å². The van der Waals surface area contributed by atoms with Gasteiger partial charge < -0.3 is 14.5 Å². The van der Waals surface area contributed by atoms with Crippen molar-refractivity contribution in [3.63, 3.8) is 0 Å². The molecule has 1 heterocycles. The highest BCUT2D eigenvalue weighted by Crippen LogP contribution is 2.20. The lowest BCUT2D eigenvalue weighted by Gasteiger charge is -2.06. The normalized spacial score (nSPS) is 17.7. The first-order chi connectivity index (χ1) is 7.28. The molecule has 0 aromatic carbocycles. The van der Waals surface area contributed by atoms with E-state index in [9.17, 15) is 0 Å². The van der Waals surface area contributed by atoms with Crippen LogP contribution >= 0.6 is 0 Å². The number of nitrogens with one attached hydrogen (secondary N) is 1. The number of hydrogen-bond donors (Lipinski definition) is 1. The highest BCUT2D eigenvalue weighted by Gasteiger charge is 2.20. The van der Waals surface area contributed by atoms with Gasteiger partial charge in [0, 0.05) is 12.6 Å². The summed E-state index contributed by atoms with van der Waals surface area (Å²) in [5.41, 5.74) is 0.917. The highest BCUT2D eigenvalue weighted by molar-refractivity contribution is 5.00. The Kier molecular flexibility index (Phi) is 3.26. The molecule has 1 atom stereocenters. The fraction of sp³-hybridized carbons (Fsp3) is 0.727. The van der Waals surface area contributed by atoms with Gasteiger partial charge in [-0.25, -0.2) is 0 Å². The quantitative estimate of drug-likeness (QED) is 0.781. The number of rotatable bonds is 6. The molecule has 1 aromatic rings. The topological polar surface area (TPSA) is 47.3 Å². The largest absolute Gasteiger partial charge is 0.447 e. The molecule has 1 N–H and O–H groups in total. The van der Waals surface area contributed by atoms with E-state index in [2.05, 4.69) is 17.2 Å². The summed E-state index contributed by atoms with van der Waals surface area (Å²) in [5.74, 6) is 0. The zero-order valence-electron chi connectivity index (χ0n) is 9.32. The monoisotopic (exact) mass is 210 g/mol. The molecule has 0 bridgehead atoms. The van der Waals surface area contributed by atoms with Gasteiger partial charge >= 0.3 is 6.08 Å². The maximum absolute atomic E-state index is 5.46. The van der Waals surface area contributed by atoms with E-state index in [-0.39, 0.29) is 6.10 Å². The van der Waals surface area contributed by atoms with Crippen molar-refractivity contribution >= 4 is 0 Å². The average Bonchev–Trinajstić information content (AvgIpc) is 2.97. The van der Waals surface area contributed by atoms with Crippen LogP contribution in [-0.2, 0) is 6.54 Å². The first-order valence-corrected chi connectivity index (χ1v) is 5.62. The standard InChI is InChI=1S/C11H18N2O2/c1-3-8(2)15-11-13-10(7-14-11)6-12-9-4-5-9/h7-9,12H,3-6H2,1-2H3. The Hall–Kier alpha value is -1.03. The summed E-state index contributed by atoms with van der Waals surface area (Å²) in [6, 6.07) is 0.695. The lowest BCUT2D eigenvalue weighted by molar-refractivity contribution is 0.158. The molecule has 1 aromatic heterocycles. The second kappa shape index (κ2) is 4.66. The Labute approximate surface area is 90.0 Å². The first-order valence-electron chi connectivity index (χ1n) is 5.62. The van der Waals surface area contributed by atoms with Gasteiger partial charge in [-0.3, -0.25) is 0 Å². The van der Waals surface area contributed by atoms with Crippen molar-refractivity contribution in [3.05, 3.63) is 12.0 Å². The molecule has 15 heavy (non-hydrogen) atoms. The molecule has 0 spiro atoms. The molecule has 1 aliphatic carbocycles. The number of ether oxygens (including phenoxy) is 1. The maximum atomic E-state index is 5.46. The van der Waals surface area contributed by atoms with Crippen molar-refractivity contribution < 1.29 is 9.15 Å². The number of nitrogens with zero attached hydrogens (tertiary/aromatic N) is 1. The number of hydrogen-bond acceptors (Lipinski definition) is 4. The van der Waals surface area contributed by atoms with Crippen LogP contribution in [0.4, 0.5) is 0 Å². The molecule has 4 nitrogen and oxygen atoms in total. The molecule has 1 aliphatic rings. The van der Waals surface area contributed by atoms with E-state index in [1.165, 1.54) is 12.8 Å². The van der Waals surface area contributed by atoms with Crippen molar-refractivity contribution in [2.75, 3.05) is 0 Å². The fourth-order valence-corrected chi connectivity index (χ4v) is 1.22. The Bertz CT molecular complexity index is 307. The van der Waals surface area contributed by atoms with E-state index >= 15 is 0 Å². The van der Waals surface area contributed by atoms with Gasteiger partial charge in [-0.05, 0) is 26.2 Å². The van der Waals surface area contributed by atoms with Crippen molar-refractivity contribution in [2.45, 2.75) is 51.8 Å². The van der Waals surface area contributed by atoms with Crippen LogP contribution < -0.4 is 10.1 Å². The Morgan fingerprint density at radius 3 is 3.13 bits per heavy atom. The Balaban J connectivity index is 1.79. The lowest BCUT2D eigenvalue weighted by Crippen LogP contribution is -2.15. The van der Waals surface area contributed by atoms with E-state index < -0.39 is 0 Å². The summed E-state index contributed by atoms with van der Waals surface area (Å²) >= 11 is 0. The minimum atomic E-state index is 0.160. The third-order valence-corrected chi connectivity index (χ3v) is 2.56. The van der Waals surface area contributed by atoms with Crippen molar-refractivity contribution in [3.8, 4) is 6.08 Å². The SMILES string of the molecule is CCC(C)Oc1nc(CNC2CC2)co1. The average molecular weight is 210 g/mol. The third-order valence-electron chi connectivity index (χ3n) is 2.56. The third kappa shape index (κ3) is 3.23. The second-order valence-electron chi connectivity index (χ2n) is 4.10. The molecule has 4 heteroatoms. The molecule has 1 unspecified atom stereocenters. The van der Waals surface area contributed by atoms with Crippen LogP contribution in [0, 0.1) is 0 Å². The second-order valence-corrected chi connectivity index (χ2v) is 4.10. The summed E-state index contributed by atoms with van der Waals surface area (Å²) in [7, 11) is 0. The van der Waals surface area contributed by atoms with Gasteiger partial charge in [-0.15, -0.1) is 0 Å². The van der Waals surface area contributed by atoms with Crippen molar-refractivity contribution in [1.29, 1.82) is 0 Å². The minimum absolute atomic E-state index is 0.160.